The van der Waals surface area contributed by atoms with E-state index in [1.165, 1.54) is 0 Å². The highest BCUT2D eigenvalue weighted by Gasteiger charge is 2.94. The van der Waals surface area contributed by atoms with Gasteiger partial charge < -0.3 is 9.64 Å². The number of alkyl halides is 15. The Hall–Kier alpha value is -2.11. The van der Waals surface area contributed by atoms with Crippen molar-refractivity contribution in [3.05, 3.63) is 0 Å². The molecule has 238 valence electrons. The molecule has 0 unspecified atom stereocenters. The first-order valence-corrected chi connectivity index (χ1v) is 11.5. The molecule has 0 spiro atoms. The van der Waals surface area contributed by atoms with Gasteiger partial charge in [-0.05, 0) is 6.42 Å². The quantitative estimate of drug-likeness (QED) is 0.0956. The second-order valence-corrected chi connectivity index (χ2v) is 8.80. The second kappa shape index (κ2) is 13.2. The maximum atomic E-state index is 14.0. The number of carbonyl (C=O) groups excluding carboxylic acids is 2. The van der Waals surface area contributed by atoms with Gasteiger partial charge in [0.25, 0.3) is 5.91 Å². The van der Waals surface area contributed by atoms with Gasteiger partial charge in [0, 0.05) is 7.05 Å². The molecule has 0 atom stereocenters. The van der Waals surface area contributed by atoms with Gasteiger partial charge in [0.15, 0.2) is 0 Å². The molecule has 0 rings (SSSR count). The van der Waals surface area contributed by atoms with E-state index in [9.17, 15) is 75.4 Å². The molecule has 0 aromatic carbocycles. The predicted molar refractivity (Wildman–Crippen MR) is 107 cm³/mol. The Morgan fingerprint density at radius 1 is 0.575 bits per heavy atom. The average Bonchev–Trinajstić information content (AvgIpc) is 2.80. The fourth-order valence-electron chi connectivity index (χ4n) is 3.07. The first-order chi connectivity index (χ1) is 17.8. The minimum Gasteiger partial charge on any atom is -0.464 e. The van der Waals surface area contributed by atoms with Crippen molar-refractivity contribution in [1.82, 2.24) is 4.90 Å². The number of hydrogen-bond acceptors (Lipinski definition) is 3. The predicted octanol–water partition coefficient (Wildman–Crippen LogP) is 7.50. The van der Waals surface area contributed by atoms with Crippen LogP contribution in [0.1, 0.15) is 58.3 Å². The summed E-state index contributed by atoms with van der Waals surface area (Å²) in [6.45, 7) is -0.0334. The van der Waals surface area contributed by atoms with E-state index >= 15 is 0 Å². The maximum absolute atomic E-state index is 14.0. The van der Waals surface area contributed by atoms with Crippen molar-refractivity contribution >= 4 is 11.9 Å². The molecule has 0 aliphatic carbocycles. The van der Waals surface area contributed by atoms with Gasteiger partial charge >= 0.3 is 47.7 Å². The topological polar surface area (TPSA) is 46.6 Å². The Morgan fingerprint density at radius 2 is 0.950 bits per heavy atom. The van der Waals surface area contributed by atoms with E-state index in [1.54, 1.807) is 0 Å². The summed E-state index contributed by atoms with van der Waals surface area (Å²) in [5.74, 6) is -53.7. The van der Waals surface area contributed by atoms with Crippen molar-refractivity contribution < 1.29 is 80.2 Å². The first-order valence-electron chi connectivity index (χ1n) is 11.5. The summed E-state index contributed by atoms with van der Waals surface area (Å²) in [5.41, 5.74) is 0. The van der Waals surface area contributed by atoms with Gasteiger partial charge in [-0.2, -0.15) is 65.9 Å². The fourth-order valence-corrected chi connectivity index (χ4v) is 3.07. The number of nitrogens with zero attached hydrogens (tertiary/aromatic N) is 1. The number of likely N-dealkylation sites (N-methyl/N-ethyl adjacent to an activating group) is 1. The minimum absolute atomic E-state index is 0.0760. The van der Waals surface area contributed by atoms with Crippen molar-refractivity contribution in [2.45, 2.75) is 100 Å². The highest BCUT2D eigenvalue weighted by molar-refractivity contribution is 5.88. The highest BCUT2D eigenvalue weighted by Crippen LogP contribution is 2.62. The normalized spacial score (nSPS) is 14.3. The van der Waals surface area contributed by atoms with Gasteiger partial charge in [-0.25, -0.2) is 0 Å². The molecule has 0 aliphatic heterocycles. The lowest BCUT2D eigenvalue weighted by Gasteiger charge is -2.41. The summed E-state index contributed by atoms with van der Waals surface area (Å²) < 4.78 is 203. The Labute approximate surface area is 218 Å². The van der Waals surface area contributed by atoms with Gasteiger partial charge in [-0.15, -0.1) is 0 Å². The van der Waals surface area contributed by atoms with Gasteiger partial charge in [0.2, 0.25) is 0 Å². The van der Waals surface area contributed by atoms with Gasteiger partial charge in [0.1, 0.15) is 6.54 Å². The van der Waals surface area contributed by atoms with Crippen LogP contribution in [0.5, 0.6) is 0 Å². The molecule has 0 N–H and O–H groups in total. The lowest BCUT2D eigenvalue weighted by Crippen LogP contribution is -2.74. The fraction of sp³-hybridized carbons (Fsp3) is 0.905. The van der Waals surface area contributed by atoms with Gasteiger partial charge in [-0.1, -0.05) is 51.9 Å². The van der Waals surface area contributed by atoms with Gasteiger partial charge in [-0.3, -0.25) is 9.59 Å². The van der Waals surface area contributed by atoms with Crippen molar-refractivity contribution in [2.24, 2.45) is 0 Å². The van der Waals surface area contributed by atoms with E-state index in [0.29, 0.717) is 12.8 Å². The number of esters is 1. The zero-order valence-corrected chi connectivity index (χ0v) is 20.9. The van der Waals surface area contributed by atoms with Crippen molar-refractivity contribution in [3.8, 4) is 0 Å². The molecule has 0 fully saturated rings. The zero-order valence-electron chi connectivity index (χ0n) is 20.9. The van der Waals surface area contributed by atoms with Crippen LogP contribution in [-0.4, -0.2) is 78.7 Å². The van der Waals surface area contributed by atoms with Crippen LogP contribution < -0.4 is 0 Å². The minimum atomic E-state index is -8.50. The Kier molecular flexibility index (Phi) is 12.5. The smallest absolute Gasteiger partial charge is 0.460 e. The first kappa shape index (κ1) is 37.9. The molecular weight excluding hydrogens is 599 g/mol. The third kappa shape index (κ3) is 7.39. The van der Waals surface area contributed by atoms with Crippen LogP contribution in [-0.2, 0) is 14.3 Å². The van der Waals surface area contributed by atoms with E-state index in [4.69, 9.17) is 0 Å². The molecule has 40 heavy (non-hydrogen) atoms. The SMILES string of the molecule is CCCCCCCCCCOC(=O)CN(C)C(=O)C(F)(F)C(F)(F)C(F)(F)C(F)(F)C(F)(F)C(F)(F)C(F)(F)F. The molecule has 19 heteroatoms. The number of carbonyl (C=O) groups is 2. The Bertz CT molecular complexity index is 844. The molecule has 0 aromatic heterocycles. The Balaban J connectivity index is 5.50. The Morgan fingerprint density at radius 3 is 1.38 bits per heavy atom. The molecule has 0 saturated carbocycles. The summed E-state index contributed by atoms with van der Waals surface area (Å²) in [6.07, 6.45) is -1.42. The molecule has 1 amide bonds. The van der Waals surface area contributed by atoms with E-state index in [0.717, 1.165) is 32.1 Å². The number of halogens is 15. The van der Waals surface area contributed by atoms with Crippen molar-refractivity contribution in [1.29, 1.82) is 0 Å². The zero-order chi connectivity index (χ0) is 32.0. The molecule has 0 heterocycles. The van der Waals surface area contributed by atoms with Crippen LogP contribution in [0.4, 0.5) is 65.9 Å². The molecule has 0 aromatic rings. The number of rotatable bonds is 17. The maximum Gasteiger partial charge on any atom is 0.460 e. The van der Waals surface area contributed by atoms with E-state index in [-0.39, 0.29) is 20.1 Å². The summed E-state index contributed by atoms with van der Waals surface area (Å²) >= 11 is 0. The van der Waals surface area contributed by atoms with Gasteiger partial charge in [0.05, 0.1) is 6.61 Å². The molecule has 0 saturated heterocycles. The molecular formula is C21H26F15NO3. The van der Waals surface area contributed by atoms with E-state index < -0.39 is 65.0 Å². The van der Waals surface area contributed by atoms with Crippen LogP contribution in [0.3, 0.4) is 0 Å². The molecule has 0 aliphatic rings. The largest absolute Gasteiger partial charge is 0.464 e. The van der Waals surface area contributed by atoms with E-state index in [2.05, 4.69) is 4.74 Å². The number of hydrogen-bond donors (Lipinski definition) is 0. The number of ether oxygens (including phenoxy) is 1. The van der Waals surface area contributed by atoms with Crippen LogP contribution in [0.2, 0.25) is 0 Å². The molecule has 0 bridgehead atoms. The van der Waals surface area contributed by atoms with Crippen LogP contribution in [0, 0.1) is 0 Å². The standard InChI is InChI=1S/C21H26F15NO3/c1-3-4-5-6-7-8-9-10-11-40-13(38)12-37(2)14(39)15(22,23)16(24,25)17(26,27)18(28,29)19(30,31)20(32,33)21(34,35)36/h3-12H2,1-2H3. The monoisotopic (exact) mass is 625 g/mol. The third-order valence-electron chi connectivity index (χ3n) is 5.57. The lowest BCUT2D eigenvalue weighted by molar-refractivity contribution is -0.449. The lowest BCUT2D eigenvalue weighted by atomic mass is 9.90. The van der Waals surface area contributed by atoms with Crippen molar-refractivity contribution in [3.63, 3.8) is 0 Å². The van der Waals surface area contributed by atoms with Crippen LogP contribution in [0.15, 0.2) is 0 Å². The van der Waals surface area contributed by atoms with Crippen LogP contribution in [0.25, 0.3) is 0 Å². The van der Waals surface area contributed by atoms with Crippen LogP contribution >= 0.6 is 0 Å². The summed E-state index contributed by atoms with van der Waals surface area (Å²) in [4.78, 5) is 22.5. The molecule has 4 nitrogen and oxygen atoms in total. The highest BCUT2D eigenvalue weighted by atomic mass is 19.4. The summed E-state index contributed by atoms with van der Waals surface area (Å²) in [7, 11) is 0.0760. The van der Waals surface area contributed by atoms with Crippen molar-refractivity contribution in [2.75, 3.05) is 20.2 Å². The molecule has 0 radical (unpaired) electrons. The third-order valence-corrected chi connectivity index (χ3v) is 5.57. The number of unbranched alkanes of at least 4 members (excludes halogenated alkanes) is 7. The summed E-state index contributed by atoms with van der Waals surface area (Å²) in [6, 6.07) is 0. The average molecular weight is 625 g/mol. The summed E-state index contributed by atoms with van der Waals surface area (Å²) in [5, 5.41) is 0. The second-order valence-electron chi connectivity index (χ2n) is 8.80. The van der Waals surface area contributed by atoms with E-state index in [1.807, 2.05) is 6.92 Å². The number of amides is 1.